The SMILES string of the molecule is CC(C)CNC(=N)NC(=O)/C=C/c1c(Cl)cccc1Cl.Cl. The van der Waals surface area contributed by atoms with E-state index in [0.29, 0.717) is 28.1 Å². The lowest BCUT2D eigenvalue weighted by Gasteiger charge is -2.09. The Bertz CT molecular complexity index is 510. The Morgan fingerprint density at radius 2 is 1.90 bits per heavy atom. The number of rotatable bonds is 4. The highest BCUT2D eigenvalue weighted by atomic mass is 35.5. The van der Waals surface area contributed by atoms with E-state index in [0.717, 1.165) is 0 Å². The van der Waals surface area contributed by atoms with Crippen LogP contribution in [0.2, 0.25) is 10.0 Å². The number of hydrogen-bond donors (Lipinski definition) is 3. The average molecular weight is 351 g/mol. The van der Waals surface area contributed by atoms with Crippen LogP contribution in [0.15, 0.2) is 24.3 Å². The minimum absolute atomic E-state index is 0. The third kappa shape index (κ3) is 7.37. The Morgan fingerprint density at radius 1 is 1.33 bits per heavy atom. The predicted molar refractivity (Wildman–Crippen MR) is 91.5 cm³/mol. The van der Waals surface area contributed by atoms with Crippen molar-refractivity contribution < 1.29 is 4.79 Å². The second-order valence-electron chi connectivity index (χ2n) is 4.61. The van der Waals surface area contributed by atoms with Crippen LogP contribution in [0.25, 0.3) is 6.08 Å². The van der Waals surface area contributed by atoms with Gasteiger partial charge in [-0.1, -0.05) is 43.1 Å². The van der Waals surface area contributed by atoms with Crippen molar-refractivity contribution in [3.63, 3.8) is 0 Å². The highest BCUT2D eigenvalue weighted by Gasteiger charge is 2.04. The molecule has 0 bridgehead atoms. The summed E-state index contributed by atoms with van der Waals surface area (Å²) in [6.07, 6.45) is 2.81. The molecule has 0 aliphatic carbocycles. The summed E-state index contributed by atoms with van der Waals surface area (Å²) in [4.78, 5) is 11.6. The Labute approximate surface area is 140 Å². The fraction of sp³-hybridized carbons (Fsp3) is 0.286. The fourth-order valence-electron chi connectivity index (χ4n) is 1.34. The van der Waals surface area contributed by atoms with Gasteiger partial charge in [-0.2, -0.15) is 0 Å². The third-order valence-electron chi connectivity index (χ3n) is 2.34. The van der Waals surface area contributed by atoms with E-state index >= 15 is 0 Å². The molecular weight excluding hydrogens is 333 g/mol. The van der Waals surface area contributed by atoms with Crippen LogP contribution in [0.1, 0.15) is 19.4 Å². The van der Waals surface area contributed by atoms with Crippen LogP contribution in [0.5, 0.6) is 0 Å². The summed E-state index contributed by atoms with van der Waals surface area (Å²) < 4.78 is 0. The molecule has 0 unspecified atom stereocenters. The quantitative estimate of drug-likeness (QED) is 0.440. The molecule has 0 aliphatic heterocycles. The van der Waals surface area contributed by atoms with Crippen molar-refractivity contribution in [3.8, 4) is 0 Å². The minimum Gasteiger partial charge on any atom is -0.356 e. The first-order valence-corrected chi connectivity index (χ1v) is 6.91. The smallest absolute Gasteiger partial charge is 0.250 e. The van der Waals surface area contributed by atoms with Gasteiger partial charge in [-0.15, -0.1) is 12.4 Å². The zero-order chi connectivity index (χ0) is 15.1. The lowest BCUT2D eigenvalue weighted by molar-refractivity contribution is -0.115. The molecule has 116 valence electrons. The Kier molecular flexibility index (Phi) is 9.09. The number of hydrogen-bond acceptors (Lipinski definition) is 2. The van der Waals surface area contributed by atoms with Crippen molar-refractivity contribution in [1.82, 2.24) is 10.6 Å². The van der Waals surface area contributed by atoms with E-state index in [4.69, 9.17) is 28.6 Å². The molecule has 21 heavy (non-hydrogen) atoms. The summed E-state index contributed by atoms with van der Waals surface area (Å²) >= 11 is 12.0. The van der Waals surface area contributed by atoms with Gasteiger partial charge in [0, 0.05) is 28.2 Å². The molecule has 0 heterocycles. The van der Waals surface area contributed by atoms with Gasteiger partial charge in [0.05, 0.1) is 0 Å². The number of halogens is 3. The van der Waals surface area contributed by atoms with E-state index in [1.165, 1.54) is 12.2 Å². The first kappa shape index (κ1) is 19.8. The zero-order valence-electron chi connectivity index (χ0n) is 11.7. The summed E-state index contributed by atoms with van der Waals surface area (Å²) in [5.74, 6) is -0.0504. The largest absolute Gasteiger partial charge is 0.356 e. The van der Waals surface area contributed by atoms with Crippen LogP contribution in [0, 0.1) is 11.3 Å². The summed E-state index contributed by atoms with van der Waals surface area (Å²) in [5, 5.41) is 13.7. The maximum Gasteiger partial charge on any atom is 0.250 e. The summed E-state index contributed by atoms with van der Waals surface area (Å²) in [6.45, 7) is 4.65. The topological polar surface area (TPSA) is 65.0 Å². The van der Waals surface area contributed by atoms with E-state index in [1.807, 2.05) is 13.8 Å². The van der Waals surface area contributed by atoms with Crippen molar-refractivity contribution in [2.24, 2.45) is 5.92 Å². The van der Waals surface area contributed by atoms with Gasteiger partial charge in [-0.25, -0.2) is 0 Å². The standard InChI is InChI=1S/C14H17Cl2N3O.ClH/c1-9(2)8-18-14(17)19-13(20)7-6-10-11(15)4-3-5-12(10)16;/h3-7,9H,8H2,1-2H3,(H3,17,18,19,20);1H/b7-6+;. The zero-order valence-corrected chi connectivity index (χ0v) is 14.1. The van der Waals surface area contributed by atoms with E-state index in [9.17, 15) is 4.79 Å². The molecule has 3 N–H and O–H groups in total. The molecule has 1 rings (SSSR count). The van der Waals surface area contributed by atoms with Crippen LogP contribution in [0.3, 0.4) is 0 Å². The van der Waals surface area contributed by atoms with Crippen molar-refractivity contribution in [3.05, 3.63) is 39.9 Å². The van der Waals surface area contributed by atoms with E-state index in [1.54, 1.807) is 18.2 Å². The predicted octanol–water partition coefficient (Wildman–Crippen LogP) is 3.72. The molecule has 0 aliphatic rings. The van der Waals surface area contributed by atoms with Crippen LogP contribution >= 0.6 is 35.6 Å². The summed E-state index contributed by atoms with van der Waals surface area (Å²) in [6, 6.07) is 5.11. The van der Waals surface area contributed by atoms with Crippen LogP contribution in [-0.4, -0.2) is 18.4 Å². The Morgan fingerprint density at radius 3 is 2.43 bits per heavy atom. The molecule has 0 aromatic heterocycles. The molecule has 0 atom stereocenters. The molecule has 1 aromatic carbocycles. The second kappa shape index (κ2) is 9.66. The van der Waals surface area contributed by atoms with Crippen molar-refractivity contribution in [2.75, 3.05) is 6.54 Å². The number of carbonyl (C=O) groups excluding carboxylic acids is 1. The number of guanidine groups is 1. The first-order chi connectivity index (χ1) is 9.40. The first-order valence-electron chi connectivity index (χ1n) is 6.15. The van der Waals surface area contributed by atoms with Crippen LogP contribution in [0.4, 0.5) is 0 Å². The molecule has 1 aromatic rings. The lowest BCUT2D eigenvalue weighted by Crippen LogP contribution is -2.40. The van der Waals surface area contributed by atoms with Gasteiger partial charge < -0.3 is 5.32 Å². The monoisotopic (exact) mass is 349 g/mol. The van der Waals surface area contributed by atoms with E-state index < -0.39 is 5.91 Å². The number of amides is 1. The maximum absolute atomic E-state index is 11.6. The van der Waals surface area contributed by atoms with Gasteiger partial charge in [-0.3, -0.25) is 15.5 Å². The highest BCUT2D eigenvalue weighted by molar-refractivity contribution is 6.37. The molecule has 0 spiro atoms. The second-order valence-corrected chi connectivity index (χ2v) is 5.42. The Balaban J connectivity index is 0.00000400. The summed E-state index contributed by atoms with van der Waals surface area (Å²) in [5.41, 5.74) is 0.577. The summed E-state index contributed by atoms with van der Waals surface area (Å²) in [7, 11) is 0. The Hall–Kier alpha value is -1.23. The van der Waals surface area contributed by atoms with Gasteiger partial charge in [0.2, 0.25) is 0 Å². The van der Waals surface area contributed by atoms with E-state index in [-0.39, 0.29) is 18.4 Å². The molecule has 4 nitrogen and oxygen atoms in total. The van der Waals surface area contributed by atoms with Crippen molar-refractivity contribution >= 4 is 53.6 Å². The van der Waals surface area contributed by atoms with Gasteiger partial charge in [-0.05, 0) is 24.1 Å². The fourth-order valence-corrected chi connectivity index (χ4v) is 1.87. The van der Waals surface area contributed by atoms with Crippen LogP contribution < -0.4 is 10.6 Å². The van der Waals surface area contributed by atoms with Gasteiger partial charge in [0.25, 0.3) is 5.91 Å². The minimum atomic E-state index is -0.415. The maximum atomic E-state index is 11.6. The molecule has 0 saturated carbocycles. The molecule has 0 saturated heterocycles. The molecule has 0 radical (unpaired) electrons. The average Bonchev–Trinajstić information content (AvgIpc) is 2.35. The highest BCUT2D eigenvalue weighted by Crippen LogP contribution is 2.25. The van der Waals surface area contributed by atoms with Crippen LogP contribution in [-0.2, 0) is 4.79 Å². The third-order valence-corrected chi connectivity index (χ3v) is 3.00. The molecule has 7 heteroatoms. The van der Waals surface area contributed by atoms with Gasteiger partial charge >= 0.3 is 0 Å². The lowest BCUT2D eigenvalue weighted by atomic mass is 10.2. The van der Waals surface area contributed by atoms with Gasteiger partial charge in [0.15, 0.2) is 5.96 Å². The molecule has 0 fully saturated rings. The van der Waals surface area contributed by atoms with Crippen molar-refractivity contribution in [2.45, 2.75) is 13.8 Å². The number of benzene rings is 1. The molecular formula is C14H18Cl3N3O. The number of nitrogens with one attached hydrogen (secondary N) is 3. The normalized spacial score (nSPS) is 10.3. The van der Waals surface area contributed by atoms with Gasteiger partial charge in [0.1, 0.15) is 0 Å². The molecule has 1 amide bonds. The van der Waals surface area contributed by atoms with Crippen molar-refractivity contribution in [1.29, 1.82) is 5.41 Å². The van der Waals surface area contributed by atoms with E-state index in [2.05, 4.69) is 10.6 Å². The number of carbonyl (C=O) groups is 1.